The predicted octanol–water partition coefficient (Wildman–Crippen LogP) is 4.39. The van der Waals surface area contributed by atoms with E-state index in [0.717, 1.165) is 54.2 Å². The third-order valence-electron chi connectivity index (χ3n) is 10.8. The number of unbranched alkanes of at least 4 members (excludes halogenated alkanes) is 9. The summed E-state index contributed by atoms with van der Waals surface area (Å²) >= 11 is 1.15. The topological polar surface area (TPSA) is 364 Å². The van der Waals surface area contributed by atoms with E-state index < -0.39 is 84.6 Å². The SMILES string of the molecule is CCC(C)CCCCCCCCCCCCC(=O)SCCNC(=O)CCNC(=O)[C@H](O)C(C)(C)COP(=O)(O)OP(=O)(O)OC[C@H]1O[C@@H](n2cnc3c(N)ncnc32)[C@H](O)[C@@H]1OP(=O)(O)O. The highest BCUT2D eigenvalue weighted by atomic mass is 32.2. The molecule has 24 nitrogen and oxygen atoms in total. The van der Waals surface area contributed by atoms with Crippen molar-refractivity contribution in [2.45, 2.75) is 148 Å². The zero-order valence-electron chi connectivity index (χ0n) is 37.8. The van der Waals surface area contributed by atoms with Crippen molar-refractivity contribution in [2.24, 2.45) is 11.3 Å². The smallest absolute Gasteiger partial charge is 0.386 e. The van der Waals surface area contributed by atoms with E-state index in [1.165, 1.54) is 71.6 Å². The van der Waals surface area contributed by atoms with Crippen LogP contribution in [0.3, 0.4) is 0 Å². The van der Waals surface area contributed by atoms with Gasteiger partial charge in [-0.05, 0) is 12.3 Å². The first-order valence-electron chi connectivity index (χ1n) is 22.0. The van der Waals surface area contributed by atoms with E-state index in [4.69, 9.17) is 19.5 Å². The summed E-state index contributed by atoms with van der Waals surface area (Å²) in [6.45, 7) is 5.14. The van der Waals surface area contributed by atoms with E-state index in [1.54, 1.807) is 0 Å². The summed E-state index contributed by atoms with van der Waals surface area (Å²) < 4.78 is 62.4. The maximum Gasteiger partial charge on any atom is 0.481 e. The number of rotatable bonds is 33. The zero-order chi connectivity index (χ0) is 49.1. The second-order valence-electron chi connectivity index (χ2n) is 16.9. The maximum absolute atomic E-state index is 12.7. The number of thioether (sulfide) groups is 1. The van der Waals surface area contributed by atoms with Gasteiger partial charge in [0.2, 0.25) is 11.8 Å². The van der Waals surface area contributed by atoms with Crippen LogP contribution in [-0.4, -0.2) is 123 Å². The molecule has 0 bridgehead atoms. The average Bonchev–Trinajstić information content (AvgIpc) is 3.80. The Hall–Kier alpha value is -2.44. The molecule has 378 valence electrons. The Kier molecular flexibility index (Phi) is 24.3. The highest BCUT2D eigenvalue weighted by Crippen LogP contribution is 2.61. The number of fused-ring (bicyclic) bond motifs is 1. The fourth-order valence-corrected chi connectivity index (χ4v) is 10.3. The van der Waals surface area contributed by atoms with Gasteiger partial charge >= 0.3 is 23.5 Å². The zero-order valence-corrected chi connectivity index (χ0v) is 41.3. The first-order valence-corrected chi connectivity index (χ1v) is 27.5. The van der Waals surface area contributed by atoms with Gasteiger partial charge in [0.15, 0.2) is 22.8 Å². The first kappa shape index (κ1) is 57.9. The molecule has 3 heterocycles. The fraction of sp³-hybridized carbons (Fsp3) is 0.789. The van der Waals surface area contributed by atoms with Crippen molar-refractivity contribution in [2.75, 3.05) is 37.8 Å². The van der Waals surface area contributed by atoms with Crippen molar-refractivity contribution in [3.8, 4) is 0 Å². The lowest BCUT2D eigenvalue weighted by molar-refractivity contribution is -0.137. The third kappa shape index (κ3) is 20.7. The van der Waals surface area contributed by atoms with Gasteiger partial charge in [0.05, 0.1) is 19.5 Å². The molecule has 1 aliphatic rings. The van der Waals surface area contributed by atoms with Gasteiger partial charge in [-0.1, -0.05) is 110 Å². The van der Waals surface area contributed by atoms with Gasteiger partial charge in [-0.2, -0.15) is 4.31 Å². The fourth-order valence-electron chi connectivity index (χ4n) is 6.75. The molecule has 0 radical (unpaired) electrons. The molecule has 2 aromatic heterocycles. The van der Waals surface area contributed by atoms with Crippen LogP contribution in [0.25, 0.3) is 11.2 Å². The van der Waals surface area contributed by atoms with E-state index >= 15 is 0 Å². The number of aliphatic hydroxyl groups excluding tert-OH is 2. The van der Waals surface area contributed by atoms with Crippen LogP contribution in [0.15, 0.2) is 12.7 Å². The number of nitrogen functional groups attached to an aromatic ring is 1. The number of phosphoric acid groups is 3. The predicted molar refractivity (Wildman–Crippen MR) is 242 cm³/mol. The minimum atomic E-state index is -5.57. The number of aliphatic hydroxyl groups is 2. The largest absolute Gasteiger partial charge is 0.481 e. The Morgan fingerprint density at radius 3 is 2.17 bits per heavy atom. The van der Waals surface area contributed by atoms with Crippen LogP contribution in [0.1, 0.15) is 124 Å². The van der Waals surface area contributed by atoms with Crippen molar-refractivity contribution in [1.29, 1.82) is 0 Å². The number of nitrogens with zero attached hydrogens (tertiary/aromatic N) is 4. The Morgan fingerprint density at radius 1 is 0.909 bits per heavy atom. The molecule has 3 rings (SSSR count). The van der Waals surface area contributed by atoms with Gasteiger partial charge in [-0.3, -0.25) is 32.5 Å². The summed E-state index contributed by atoms with van der Waals surface area (Å²) in [5.41, 5.74) is 4.29. The summed E-state index contributed by atoms with van der Waals surface area (Å²) in [6, 6.07) is 0. The van der Waals surface area contributed by atoms with Crippen LogP contribution in [-0.2, 0) is 50.7 Å². The molecule has 0 aliphatic carbocycles. The van der Waals surface area contributed by atoms with E-state index in [9.17, 15) is 57.9 Å². The molecule has 0 aromatic carbocycles. The molecule has 1 saturated heterocycles. The highest BCUT2D eigenvalue weighted by molar-refractivity contribution is 8.13. The van der Waals surface area contributed by atoms with Crippen LogP contribution in [0, 0.1) is 11.3 Å². The van der Waals surface area contributed by atoms with Crippen molar-refractivity contribution < 1.29 is 80.5 Å². The number of carbonyl (C=O) groups excluding carboxylic acids is 3. The maximum atomic E-state index is 12.7. The second-order valence-corrected chi connectivity index (χ2v) is 22.3. The van der Waals surface area contributed by atoms with Crippen molar-refractivity contribution in [1.82, 2.24) is 30.2 Å². The number of hydrogen-bond acceptors (Lipinski definition) is 18. The highest BCUT2D eigenvalue weighted by Gasteiger charge is 2.50. The first-order chi connectivity index (χ1) is 30.9. The number of aromatic nitrogens is 4. The molecule has 0 saturated carbocycles. The van der Waals surface area contributed by atoms with Gasteiger partial charge in [-0.15, -0.1) is 0 Å². The molecular weight excluding hydrogens is 951 g/mol. The standard InChI is InChI=1S/C38H68N7O17P3S/c1-5-26(2)16-14-12-10-8-6-7-9-11-13-15-17-29(47)66-21-20-40-28(46)18-19-41-36(50)33(49)38(3,4)23-59-65(56,57)62-64(54,55)58-22-27-32(61-63(51,52)53)31(48)37(60-27)45-25-44-30-34(39)42-24-43-35(30)45/h24-27,31-33,37,48-49H,5-23H2,1-4H3,(H,40,46)(H,41,50)(H,54,55)(H,56,57)(H2,39,42,43)(H2,51,52,53)/t26?,27-,31-,32-,33+,37-/m1/s1. The molecule has 28 heteroatoms. The Labute approximate surface area is 388 Å². The number of amides is 2. The quantitative estimate of drug-likeness (QED) is 0.0353. The van der Waals surface area contributed by atoms with Crippen molar-refractivity contribution >= 4 is 69.1 Å². The summed E-state index contributed by atoms with van der Waals surface area (Å²) in [5.74, 6) is -0.191. The third-order valence-corrected chi connectivity index (χ3v) is 14.8. The summed E-state index contributed by atoms with van der Waals surface area (Å²) in [6.07, 6.45) is 8.11. The van der Waals surface area contributed by atoms with E-state index in [1.807, 2.05) is 0 Å². The summed E-state index contributed by atoms with van der Waals surface area (Å²) in [5, 5.41) is 26.7. The van der Waals surface area contributed by atoms with Gasteiger partial charge < -0.3 is 50.9 Å². The molecule has 8 atom stereocenters. The monoisotopic (exact) mass is 1020 g/mol. The van der Waals surface area contributed by atoms with Gasteiger partial charge in [-0.25, -0.2) is 28.6 Å². The molecule has 0 spiro atoms. The Bertz CT molecular complexity index is 2000. The summed E-state index contributed by atoms with van der Waals surface area (Å²) in [4.78, 5) is 88.3. The van der Waals surface area contributed by atoms with Gasteiger partial charge in [0, 0.05) is 37.1 Å². The van der Waals surface area contributed by atoms with Crippen LogP contribution in [0.2, 0.25) is 0 Å². The Morgan fingerprint density at radius 2 is 1.53 bits per heavy atom. The lowest BCUT2D eigenvalue weighted by atomic mass is 9.87. The Balaban J connectivity index is 1.31. The molecule has 2 aromatic rings. The summed E-state index contributed by atoms with van der Waals surface area (Å²) in [7, 11) is -16.4. The normalized spacial score (nSPS) is 20.7. The lowest BCUT2D eigenvalue weighted by Crippen LogP contribution is -2.46. The van der Waals surface area contributed by atoms with E-state index in [2.05, 4.69) is 48.3 Å². The lowest BCUT2D eigenvalue weighted by Gasteiger charge is -2.30. The van der Waals surface area contributed by atoms with Crippen molar-refractivity contribution in [3.63, 3.8) is 0 Å². The van der Waals surface area contributed by atoms with Crippen LogP contribution < -0.4 is 16.4 Å². The molecule has 2 amide bonds. The minimum absolute atomic E-state index is 0.0337. The number of nitrogens with one attached hydrogen (secondary N) is 2. The number of ether oxygens (including phenoxy) is 1. The number of nitrogens with two attached hydrogens (primary N) is 1. The second kappa shape index (κ2) is 27.7. The van der Waals surface area contributed by atoms with Crippen LogP contribution in [0.4, 0.5) is 5.82 Å². The number of carbonyl (C=O) groups is 3. The van der Waals surface area contributed by atoms with Crippen molar-refractivity contribution in [3.05, 3.63) is 12.7 Å². The molecule has 66 heavy (non-hydrogen) atoms. The number of anilines is 1. The molecule has 1 aliphatic heterocycles. The minimum Gasteiger partial charge on any atom is -0.386 e. The van der Waals surface area contributed by atoms with Gasteiger partial charge in [0.1, 0.15) is 36.3 Å². The molecular formula is C38H68N7O17P3S. The number of phosphoric ester groups is 3. The van der Waals surface area contributed by atoms with E-state index in [0.29, 0.717) is 12.2 Å². The average molecular weight is 1020 g/mol. The molecule has 1 fully saturated rings. The van der Waals surface area contributed by atoms with Gasteiger partial charge in [0.25, 0.3) is 0 Å². The number of hydrogen-bond donors (Lipinski definition) is 9. The number of imidazole rings is 1. The molecule has 3 unspecified atom stereocenters. The van der Waals surface area contributed by atoms with Crippen LogP contribution in [0.5, 0.6) is 0 Å². The van der Waals surface area contributed by atoms with E-state index in [-0.39, 0.29) is 41.6 Å². The molecule has 10 N–H and O–H groups in total. The van der Waals surface area contributed by atoms with Crippen LogP contribution >= 0.6 is 35.2 Å².